The molecule has 0 saturated carbocycles. The van der Waals surface area contributed by atoms with E-state index in [0.29, 0.717) is 12.0 Å². The van der Waals surface area contributed by atoms with Crippen molar-refractivity contribution in [1.29, 1.82) is 0 Å². The number of piperidine rings is 1. The van der Waals surface area contributed by atoms with E-state index in [0.717, 1.165) is 25.9 Å². The number of fused-ring (bicyclic) bond motifs is 2. The van der Waals surface area contributed by atoms with Gasteiger partial charge < -0.3 is 14.9 Å². The minimum Gasteiger partial charge on any atom is -0.475 e. The van der Waals surface area contributed by atoms with Crippen LogP contribution in [0.1, 0.15) is 30.4 Å². The summed E-state index contributed by atoms with van der Waals surface area (Å²) in [5.41, 5.74) is 3.44. The fraction of sp³-hybridized carbons (Fsp3) is 0.579. The number of carbonyl (C=O) groups excluding carboxylic acids is 1. The standard InChI is InChI=1S/C17H24N2O.C2HF3O2/c1-18(2)13-16(20)19-11-9-17(10-12-19)8-7-14-5-3-4-6-15(14)17;3-2(4,5)1(6)7/h3-6H,7-13H2,1-2H3;(H,6,7). The van der Waals surface area contributed by atoms with Crippen molar-refractivity contribution in [3.05, 3.63) is 35.4 Å². The van der Waals surface area contributed by atoms with Crippen LogP contribution in [0.2, 0.25) is 0 Å². The van der Waals surface area contributed by atoms with Gasteiger partial charge in [0.2, 0.25) is 5.91 Å². The number of hydrogen-bond donors (Lipinski definition) is 1. The first kappa shape index (κ1) is 21.2. The van der Waals surface area contributed by atoms with Gasteiger partial charge in [-0.2, -0.15) is 13.2 Å². The summed E-state index contributed by atoms with van der Waals surface area (Å²) in [5, 5.41) is 7.12. The molecule has 5 nitrogen and oxygen atoms in total. The molecule has 1 aliphatic heterocycles. The number of aliphatic carboxylic acids is 1. The van der Waals surface area contributed by atoms with E-state index in [1.807, 2.05) is 23.9 Å². The SMILES string of the molecule is CN(C)CC(=O)N1CCC2(CCc3ccccc32)CC1.O=C(O)C(F)(F)F. The number of benzene rings is 1. The highest BCUT2D eigenvalue weighted by Gasteiger charge is 2.41. The van der Waals surface area contributed by atoms with E-state index in [1.165, 1.54) is 18.4 Å². The summed E-state index contributed by atoms with van der Waals surface area (Å²) in [5.74, 6) is -2.48. The molecule has 0 radical (unpaired) electrons. The second kappa shape index (κ2) is 8.29. The molecule has 1 saturated heterocycles. The van der Waals surface area contributed by atoms with Gasteiger partial charge in [-0.15, -0.1) is 0 Å². The van der Waals surface area contributed by atoms with Crippen molar-refractivity contribution < 1.29 is 27.9 Å². The van der Waals surface area contributed by atoms with Gasteiger partial charge in [0.05, 0.1) is 6.54 Å². The second-order valence-corrected chi connectivity index (χ2v) is 7.36. The van der Waals surface area contributed by atoms with Crippen LogP contribution in [0.15, 0.2) is 24.3 Å². The number of rotatable bonds is 2. The predicted octanol–water partition coefficient (Wildman–Crippen LogP) is 2.69. The molecule has 0 aromatic heterocycles. The van der Waals surface area contributed by atoms with Gasteiger partial charge in [0.1, 0.15) is 0 Å². The van der Waals surface area contributed by atoms with Crippen LogP contribution in [0, 0.1) is 0 Å². The summed E-state index contributed by atoms with van der Waals surface area (Å²) in [4.78, 5) is 25.0. The van der Waals surface area contributed by atoms with Gasteiger partial charge in [0.15, 0.2) is 0 Å². The molecule has 0 bridgehead atoms. The molecule has 150 valence electrons. The van der Waals surface area contributed by atoms with Crippen LogP contribution in [0.5, 0.6) is 0 Å². The van der Waals surface area contributed by atoms with Crippen LogP contribution in [0.25, 0.3) is 0 Å². The number of carboxylic acids is 1. The molecule has 1 heterocycles. The molecule has 1 aromatic carbocycles. The minimum absolute atomic E-state index is 0.274. The number of halogens is 3. The number of amides is 1. The first-order valence-electron chi connectivity index (χ1n) is 8.86. The van der Waals surface area contributed by atoms with Gasteiger partial charge in [-0.3, -0.25) is 4.79 Å². The molecule has 1 fully saturated rings. The monoisotopic (exact) mass is 386 g/mol. The minimum atomic E-state index is -5.08. The maximum atomic E-state index is 12.1. The zero-order valence-electron chi connectivity index (χ0n) is 15.6. The van der Waals surface area contributed by atoms with E-state index in [2.05, 4.69) is 24.3 Å². The zero-order chi connectivity index (χ0) is 20.2. The summed E-state index contributed by atoms with van der Waals surface area (Å²) in [6.45, 7) is 2.37. The number of likely N-dealkylation sites (N-methyl/N-ethyl adjacent to an activating group) is 1. The highest BCUT2D eigenvalue weighted by atomic mass is 19.4. The molecule has 8 heteroatoms. The van der Waals surface area contributed by atoms with Crippen LogP contribution in [0.3, 0.4) is 0 Å². The Morgan fingerprint density at radius 1 is 1.15 bits per heavy atom. The molecule has 3 rings (SSSR count). The predicted molar refractivity (Wildman–Crippen MR) is 94.5 cm³/mol. The first-order valence-corrected chi connectivity index (χ1v) is 8.86. The van der Waals surface area contributed by atoms with Crippen molar-refractivity contribution >= 4 is 11.9 Å². The maximum Gasteiger partial charge on any atom is 0.490 e. The molecule has 1 aliphatic carbocycles. The Kier molecular flexibility index (Phi) is 6.51. The molecule has 1 spiro atoms. The number of likely N-dealkylation sites (tertiary alicyclic amines) is 1. The number of carbonyl (C=O) groups is 2. The highest BCUT2D eigenvalue weighted by Crippen LogP contribution is 2.46. The Labute approximate surface area is 156 Å². The Balaban J connectivity index is 0.000000321. The lowest BCUT2D eigenvalue weighted by molar-refractivity contribution is -0.192. The largest absolute Gasteiger partial charge is 0.490 e. The Morgan fingerprint density at radius 3 is 2.22 bits per heavy atom. The van der Waals surface area contributed by atoms with E-state index in [9.17, 15) is 18.0 Å². The number of nitrogens with zero attached hydrogens (tertiary/aromatic N) is 2. The smallest absolute Gasteiger partial charge is 0.475 e. The average Bonchev–Trinajstić information content (AvgIpc) is 2.93. The normalized spacial score (nSPS) is 18.1. The lowest BCUT2D eigenvalue weighted by atomic mass is 9.74. The number of hydrogen-bond acceptors (Lipinski definition) is 3. The molecule has 27 heavy (non-hydrogen) atoms. The van der Waals surface area contributed by atoms with E-state index >= 15 is 0 Å². The van der Waals surface area contributed by atoms with Crippen LogP contribution in [0.4, 0.5) is 13.2 Å². The fourth-order valence-electron chi connectivity index (χ4n) is 3.84. The molecular formula is C19H25F3N2O3. The lowest BCUT2D eigenvalue weighted by Gasteiger charge is -2.40. The van der Waals surface area contributed by atoms with Gasteiger partial charge in [0.25, 0.3) is 0 Å². The topological polar surface area (TPSA) is 60.9 Å². The third-order valence-corrected chi connectivity index (χ3v) is 5.23. The van der Waals surface area contributed by atoms with Crippen LogP contribution < -0.4 is 0 Å². The molecular weight excluding hydrogens is 361 g/mol. The van der Waals surface area contributed by atoms with Gasteiger partial charge in [-0.05, 0) is 56.3 Å². The van der Waals surface area contributed by atoms with E-state index < -0.39 is 12.1 Å². The third kappa shape index (κ3) is 5.22. The van der Waals surface area contributed by atoms with Crippen molar-refractivity contribution in [2.45, 2.75) is 37.3 Å². The molecule has 2 aliphatic rings. The van der Waals surface area contributed by atoms with Crippen molar-refractivity contribution in [3.8, 4) is 0 Å². The van der Waals surface area contributed by atoms with Crippen molar-refractivity contribution in [2.75, 3.05) is 33.7 Å². The van der Waals surface area contributed by atoms with Crippen LogP contribution >= 0.6 is 0 Å². The van der Waals surface area contributed by atoms with E-state index in [4.69, 9.17) is 9.90 Å². The van der Waals surface area contributed by atoms with E-state index in [-0.39, 0.29) is 5.91 Å². The van der Waals surface area contributed by atoms with Crippen LogP contribution in [-0.4, -0.2) is 66.7 Å². The first-order chi connectivity index (χ1) is 12.5. The van der Waals surface area contributed by atoms with Gasteiger partial charge >= 0.3 is 12.1 Å². The van der Waals surface area contributed by atoms with Gasteiger partial charge in [0, 0.05) is 13.1 Å². The fourth-order valence-corrected chi connectivity index (χ4v) is 3.84. The van der Waals surface area contributed by atoms with Crippen molar-refractivity contribution in [1.82, 2.24) is 9.80 Å². The summed E-state index contributed by atoms with van der Waals surface area (Å²) in [6, 6.07) is 8.89. The number of aryl methyl sites for hydroxylation is 1. The molecule has 1 aromatic rings. The molecule has 1 N–H and O–H groups in total. The lowest BCUT2D eigenvalue weighted by Crippen LogP contribution is -2.46. The Morgan fingerprint density at radius 2 is 1.70 bits per heavy atom. The second-order valence-electron chi connectivity index (χ2n) is 7.36. The van der Waals surface area contributed by atoms with Crippen LogP contribution in [-0.2, 0) is 21.4 Å². The Hall–Kier alpha value is -2.09. The summed E-state index contributed by atoms with van der Waals surface area (Å²) in [7, 11) is 3.91. The average molecular weight is 386 g/mol. The number of alkyl halides is 3. The third-order valence-electron chi connectivity index (χ3n) is 5.23. The maximum absolute atomic E-state index is 12.1. The summed E-state index contributed by atoms with van der Waals surface area (Å²) >= 11 is 0. The quantitative estimate of drug-likeness (QED) is 0.849. The molecule has 0 unspecified atom stereocenters. The molecule has 1 amide bonds. The zero-order valence-corrected chi connectivity index (χ0v) is 15.6. The van der Waals surface area contributed by atoms with Gasteiger partial charge in [-0.25, -0.2) is 4.79 Å². The van der Waals surface area contributed by atoms with E-state index in [1.54, 1.807) is 5.56 Å². The summed E-state index contributed by atoms with van der Waals surface area (Å²) < 4.78 is 31.7. The molecule has 0 atom stereocenters. The summed E-state index contributed by atoms with van der Waals surface area (Å²) in [6.07, 6.45) is -0.351. The highest BCUT2D eigenvalue weighted by molar-refractivity contribution is 5.78. The van der Waals surface area contributed by atoms with Crippen molar-refractivity contribution in [2.24, 2.45) is 0 Å². The number of carboxylic acid groups (broad SMARTS) is 1. The Bertz CT molecular complexity index is 681. The van der Waals surface area contributed by atoms with Crippen molar-refractivity contribution in [3.63, 3.8) is 0 Å². The van der Waals surface area contributed by atoms with Gasteiger partial charge in [-0.1, -0.05) is 24.3 Å².